The molecule has 7 nitrogen and oxygen atoms in total. The fourth-order valence-electron chi connectivity index (χ4n) is 4.85. The lowest BCUT2D eigenvalue weighted by molar-refractivity contribution is -0.122. The maximum absolute atomic E-state index is 15.7. The summed E-state index contributed by atoms with van der Waals surface area (Å²) in [5.74, 6) is -0.925. The molecule has 0 spiro atoms. The van der Waals surface area contributed by atoms with E-state index in [0.29, 0.717) is 42.8 Å². The second-order valence-corrected chi connectivity index (χ2v) is 9.79. The Morgan fingerprint density at radius 1 is 1.12 bits per heavy atom. The summed E-state index contributed by atoms with van der Waals surface area (Å²) in [7, 11) is 2.00. The van der Waals surface area contributed by atoms with Crippen LogP contribution in [0.3, 0.4) is 0 Å². The van der Waals surface area contributed by atoms with E-state index < -0.39 is 17.5 Å². The number of halogens is 1. The Kier molecular flexibility index (Phi) is 4.53. The predicted molar refractivity (Wildman–Crippen MR) is 126 cm³/mol. The topological polar surface area (TPSA) is 83.0 Å². The average molecular weight is 464 g/mol. The van der Waals surface area contributed by atoms with E-state index in [0.717, 1.165) is 21.1 Å². The van der Waals surface area contributed by atoms with Gasteiger partial charge in [-0.3, -0.25) is 19.6 Å². The number of hydrogen-bond acceptors (Lipinski definition) is 5. The molecule has 0 bridgehead atoms. The van der Waals surface area contributed by atoms with Crippen LogP contribution < -0.4 is 5.32 Å². The molecule has 4 aromatic rings. The van der Waals surface area contributed by atoms with Crippen LogP contribution in [0.2, 0.25) is 0 Å². The first-order valence-electron chi connectivity index (χ1n) is 10.9. The van der Waals surface area contributed by atoms with Crippen LogP contribution in [0, 0.1) is 0 Å². The number of thiophene rings is 1. The van der Waals surface area contributed by atoms with Crippen molar-refractivity contribution in [3.05, 3.63) is 53.2 Å². The number of amides is 2. The molecule has 1 fully saturated rings. The third-order valence-corrected chi connectivity index (χ3v) is 7.64. The smallest absolute Gasteiger partial charge is 0.261 e. The Bertz CT molecular complexity index is 1450. The molecule has 0 aliphatic carbocycles. The molecule has 9 heteroatoms. The first kappa shape index (κ1) is 20.3. The van der Waals surface area contributed by atoms with Crippen LogP contribution in [0.15, 0.2) is 41.9 Å². The summed E-state index contributed by atoms with van der Waals surface area (Å²) in [6.07, 6.45) is 2.61. The number of aromatic nitrogens is 3. The van der Waals surface area contributed by atoms with Crippen LogP contribution in [-0.2, 0) is 16.1 Å². The highest BCUT2D eigenvalue weighted by atomic mass is 32.1. The van der Waals surface area contributed by atoms with Crippen molar-refractivity contribution in [2.45, 2.75) is 25.1 Å². The monoisotopic (exact) mass is 463 g/mol. The highest BCUT2D eigenvalue weighted by molar-refractivity contribution is 7.17. The molecule has 2 aliphatic rings. The summed E-state index contributed by atoms with van der Waals surface area (Å²) >= 11 is 1.50. The van der Waals surface area contributed by atoms with Gasteiger partial charge in [-0.1, -0.05) is 18.2 Å². The summed E-state index contributed by atoms with van der Waals surface area (Å²) in [6, 6.07) is 9.42. The number of para-hydroxylation sites is 1. The van der Waals surface area contributed by atoms with Crippen molar-refractivity contribution in [3.8, 4) is 0 Å². The third kappa shape index (κ3) is 3.22. The molecule has 33 heavy (non-hydrogen) atoms. The maximum Gasteiger partial charge on any atom is 0.261 e. The Morgan fingerprint density at radius 3 is 2.70 bits per heavy atom. The molecule has 1 saturated heterocycles. The highest BCUT2D eigenvalue weighted by Gasteiger charge is 2.38. The molecule has 0 atom stereocenters. The quantitative estimate of drug-likeness (QED) is 0.453. The minimum atomic E-state index is -1.37. The first-order valence-corrected chi connectivity index (χ1v) is 11.8. The van der Waals surface area contributed by atoms with E-state index >= 15 is 4.39 Å². The number of aromatic amines is 1. The number of imide groups is 1. The number of benzene rings is 1. The van der Waals surface area contributed by atoms with Crippen molar-refractivity contribution < 1.29 is 14.0 Å². The van der Waals surface area contributed by atoms with E-state index in [9.17, 15) is 9.59 Å². The molecule has 5 heterocycles. The second-order valence-electron chi connectivity index (χ2n) is 8.88. The molecule has 1 aromatic carbocycles. The fraction of sp³-hybridized carbons (Fsp3) is 0.292. The van der Waals surface area contributed by atoms with Gasteiger partial charge in [0.1, 0.15) is 11.4 Å². The van der Waals surface area contributed by atoms with Crippen LogP contribution in [0.4, 0.5) is 4.39 Å². The van der Waals surface area contributed by atoms with Crippen molar-refractivity contribution in [2.75, 3.05) is 20.1 Å². The molecule has 0 saturated carbocycles. The highest BCUT2D eigenvalue weighted by Crippen LogP contribution is 2.39. The van der Waals surface area contributed by atoms with E-state index in [1.807, 2.05) is 42.8 Å². The molecule has 6 rings (SSSR count). The van der Waals surface area contributed by atoms with Gasteiger partial charge in [0.25, 0.3) is 11.8 Å². The number of rotatable bonds is 4. The first-order chi connectivity index (χ1) is 15.9. The van der Waals surface area contributed by atoms with Crippen LogP contribution in [-0.4, -0.2) is 57.3 Å². The van der Waals surface area contributed by atoms with Gasteiger partial charge < -0.3 is 9.88 Å². The Hall–Kier alpha value is -3.30. The summed E-state index contributed by atoms with van der Waals surface area (Å²) in [5, 5.41) is 9.83. The summed E-state index contributed by atoms with van der Waals surface area (Å²) in [6.45, 7) is 1.50. The van der Waals surface area contributed by atoms with Gasteiger partial charge >= 0.3 is 0 Å². The lowest BCUT2D eigenvalue weighted by atomic mass is 9.93. The lowest BCUT2D eigenvalue weighted by Crippen LogP contribution is -2.42. The summed E-state index contributed by atoms with van der Waals surface area (Å²) in [5.41, 5.74) is 1.91. The molecule has 0 unspecified atom stereocenters. The Morgan fingerprint density at radius 2 is 1.88 bits per heavy atom. The SMILES string of the molecule is CN1CCC(F)(Cn2nc(C3=C(c4c[nH]c5ccsc45)C(=O)NC3=O)c3ccccc32)CC1. The number of nitrogens with one attached hydrogen (secondary N) is 2. The van der Waals surface area contributed by atoms with E-state index in [1.54, 1.807) is 10.9 Å². The van der Waals surface area contributed by atoms with Crippen LogP contribution in [0.5, 0.6) is 0 Å². The number of hydrogen-bond donors (Lipinski definition) is 2. The summed E-state index contributed by atoms with van der Waals surface area (Å²) in [4.78, 5) is 31.1. The normalized spacial score (nSPS) is 19.2. The molecule has 0 radical (unpaired) electrons. The van der Waals surface area contributed by atoms with Crippen LogP contribution >= 0.6 is 11.3 Å². The van der Waals surface area contributed by atoms with Crippen molar-refractivity contribution >= 4 is 55.4 Å². The van der Waals surface area contributed by atoms with Gasteiger partial charge in [0.05, 0.1) is 33.4 Å². The molecular formula is C24H22FN5O2S. The molecule has 2 aliphatic heterocycles. The van der Waals surface area contributed by atoms with Gasteiger partial charge in [-0.15, -0.1) is 11.3 Å². The van der Waals surface area contributed by atoms with Crippen molar-refractivity contribution in [3.63, 3.8) is 0 Å². The molecular weight excluding hydrogens is 441 g/mol. The Balaban J connectivity index is 1.52. The fourth-order valence-corrected chi connectivity index (χ4v) is 5.73. The minimum absolute atomic E-state index is 0.110. The number of carbonyl (C=O) groups excluding carboxylic acids is 2. The number of carbonyl (C=O) groups is 2. The van der Waals surface area contributed by atoms with Crippen LogP contribution in [0.25, 0.3) is 32.3 Å². The Labute approximate surface area is 192 Å². The number of alkyl halides is 1. The molecule has 2 amide bonds. The van der Waals surface area contributed by atoms with E-state index in [-0.39, 0.29) is 12.1 Å². The van der Waals surface area contributed by atoms with Crippen molar-refractivity contribution in [1.29, 1.82) is 0 Å². The number of piperidine rings is 1. The number of fused-ring (bicyclic) bond motifs is 2. The lowest BCUT2D eigenvalue weighted by Gasteiger charge is -2.34. The van der Waals surface area contributed by atoms with Gasteiger partial charge in [-0.05, 0) is 37.4 Å². The zero-order chi connectivity index (χ0) is 22.7. The largest absolute Gasteiger partial charge is 0.360 e. The van der Waals surface area contributed by atoms with Crippen molar-refractivity contribution in [1.82, 2.24) is 25.0 Å². The number of H-pyrrole nitrogens is 1. The third-order valence-electron chi connectivity index (χ3n) is 6.69. The van der Waals surface area contributed by atoms with Gasteiger partial charge in [-0.2, -0.15) is 5.10 Å². The second kappa shape index (κ2) is 7.36. The number of likely N-dealkylation sites (tertiary alicyclic amines) is 1. The maximum atomic E-state index is 15.7. The van der Waals surface area contributed by atoms with Gasteiger partial charge in [0.2, 0.25) is 0 Å². The zero-order valence-electron chi connectivity index (χ0n) is 18.0. The molecule has 2 N–H and O–H groups in total. The van der Waals surface area contributed by atoms with E-state index in [4.69, 9.17) is 5.10 Å². The van der Waals surface area contributed by atoms with E-state index in [1.165, 1.54) is 11.3 Å². The minimum Gasteiger partial charge on any atom is -0.360 e. The van der Waals surface area contributed by atoms with Gasteiger partial charge in [0, 0.05) is 30.2 Å². The number of nitrogens with zero attached hydrogens (tertiary/aromatic N) is 3. The summed E-state index contributed by atoms with van der Waals surface area (Å²) < 4.78 is 18.3. The van der Waals surface area contributed by atoms with Crippen LogP contribution in [0.1, 0.15) is 24.1 Å². The molecule has 168 valence electrons. The predicted octanol–water partition coefficient (Wildman–Crippen LogP) is 3.58. The van der Waals surface area contributed by atoms with Gasteiger partial charge in [-0.25, -0.2) is 4.39 Å². The van der Waals surface area contributed by atoms with E-state index in [2.05, 4.69) is 15.2 Å². The van der Waals surface area contributed by atoms with Gasteiger partial charge in [0.15, 0.2) is 0 Å². The zero-order valence-corrected chi connectivity index (χ0v) is 18.8. The average Bonchev–Trinajstić information content (AvgIpc) is 3.54. The molecule has 3 aromatic heterocycles. The van der Waals surface area contributed by atoms with Crippen molar-refractivity contribution in [2.24, 2.45) is 0 Å². The standard InChI is InChI=1S/C24H22FN5O2S/c1-29-9-7-24(25,8-10-29)13-30-17-5-3-2-4-14(17)20(28-30)19-18(22(31)27-23(19)32)15-12-26-16-6-11-33-21(15)16/h2-6,11-12,26H,7-10,13H2,1H3,(H,27,31,32).